The normalized spacial score (nSPS) is 13.5. The van der Waals surface area contributed by atoms with Crippen molar-refractivity contribution in [3.8, 4) is 33.4 Å². The summed E-state index contributed by atoms with van der Waals surface area (Å²) in [6.07, 6.45) is 0. The summed E-state index contributed by atoms with van der Waals surface area (Å²) in [5.74, 6) is 0. The lowest BCUT2D eigenvalue weighted by atomic mass is 9.64. The lowest BCUT2D eigenvalue weighted by Crippen LogP contribution is -2.36. The van der Waals surface area contributed by atoms with E-state index in [1.807, 2.05) is 0 Å². The van der Waals surface area contributed by atoms with Crippen molar-refractivity contribution < 1.29 is 0 Å². The molecule has 0 atom stereocenters. The van der Waals surface area contributed by atoms with Crippen LogP contribution in [0.2, 0.25) is 0 Å². The smallest absolute Gasteiger partial charge is 0.146 e. The number of imidazole rings is 1. The van der Waals surface area contributed by atoms with Crippen molar-refractivity contribution in [2.75, 3.05) is 4.90 Å². The lowest BCUT2D eigenvalue weighted by molar-refractivity contribution is 0.753. The van der Waals surface area contributed by atoms with E-state index in [9.17, 15) is 0 Å². The van der Waals surface area contributed by atoms with E-state index in [1.54, 1.807) is 0 Å². The second kappa shape index (κ2) is 12.1. The summed E-state index contributed by atoms with van der Waals surface area (Å²) in [4.78, 5) is 7.63. The fourth-order valence-corrected chi connectivity index (χ4v) is 10.5. The predicted octanol–water partition coefficient (Wildman–Crippen LogP) is 14.3. The van der Waals surface area contributed by atoms with Crippen LogP contribution in [0.25, 0.3) is 71.7 Å². The number of pyridine rings is 1. The summed E-state index contributed by atoms with van der Waals surface area (Å²) in [6, 6.07) is 78.1. The molecule has 274 valence electrons. The number of para-hydroxylation sites is 6. The van der Waals surface area contributed by atoms with E-state index >= 15 is 0 Å². The lowest BCUT2D eigenvalue weighted by Gasteiger charge is -2.45. The predicted molar refractivity (Wildman–Crippen MR) is 244 cm³/mol. The molecule has 2 aromatic heterocycles. The van der Waals surface area contributed by atoms with Gasteiger partial charge in [0.2, 0.25) is 0 Å². The first-order valence-electron chi connectivity index (χ1n) is 20.4. The topological polar surface area (TPSA) is 20.5 Å². The van der Waals surface area contributed by atoms with Crippen LogP contribution in [0, 0.1) is 0 Å². The molecule has 0 fully saturated rings. The molecule has 3 heteroatoms. The molecule has 0 amide bonds. The molecule has 1 spiro atoms. The second-order valence-corrected chi connectivity index (χ2v) is 15.9. The fourth-order valence-electron chi connectivity index (χ4n) is 10.5. The minimum Gasteiger partial charge on any atom is -0.310 e. The standard InChI is InChI=1S/C56H35N3/c1-2-17-40(18-3-1)58-52-26-11-7-22-48(52)56(49-23-8-12-27-53(49)58)46-21-6-4-19-42(46)44-34-39(30-32-47(44)56)37-16-14-15-36(33-37)38-29-31-41-43-20-5-10-25-51(43)59-54-28-13-9-24-50(54)57-55(59)45(41)35-38/h1-35H. The number of fused-ring (bicyclic) bond motifs is 17. The Bertz CT molecular complexity index is 3480. The maximum atomic E-state index is 5.19. The monoisotopic (exact) mass is 749 g/mol. The summed E-state index contributed by atoms with van der Waals surface area (Å²) in [5, 5.41) is 3.60. The zero-order valence-corrected chi connectivity index (χ0v) is 32.0. The van der Waals surface area contributed by atoms with Gasteiger partial charge in [-0.05, 0) is 122 Å². The molecule has 1 aliphatic carbocycles. The Hall–Kier alpha value is -7.75. The largest absolute Gasteiger partial charge is 0.310 e. The average molecular weight is 750 g/mol. The van der Waals surface area contributed by atoms with Crippen LogP contribution in [-0.2, 0) is 5.41 Å². The van der Waals surface area contributed by atoms with Gasteiger partial charge in [-0.1, -0.05) is 152 Å². The maximum Gasteiger partial charge on any atom is 0.146 e. The first-order valence-corrected chi connectivity index (χ1v) is 20.4. The van der Waals surface area contributed by atoms with E-state index in [0.29, 0.717) is 0 Å². The molecule has 2 aliphatic rings. The number of aromatic nitrogens is 2. The van der Waals surface area contributed by atoms with Crippen LogP contribution in [-0.4, -0.2) is 9.38 Å². The van der Waals surface area contributed by atoms with E-state index < -0.39 is 5.41 Å². The molecule has 0 radical (unpaired) electrons. The van der Waals surface area contributed by atoms with Gasteiger partial charge >= 0.3 is 0 Å². The summed E-state index contributed by atoms with van der Waals surface area (Å²) in [5.41, 5.74) is 20.0. The van der Waals surface area contributed by atoms with Crippen molar-refractivity contribution >= 4 is 55.4 Å². The van der Waals surface area contributed by atoms with Gasteiger partial charge in [-0.2, -0.15) is 0 Å². The van der Waals surface area contributed by atoms with Gasteiger partial charge in [0.05, 0.1) is 33.3 Å². The van der Waals surface area contributed by atoms with Crippen molar-refractivity contribution in [3.63, 3.8) is 0 Å². The van der Waals surface area contributed by atoms with Gasteiger partial charge in [-0.25, -0.2) is 4.98 Å². The van der Waals surface area contributed by atoms with Crippen LogP contribution in [0.4, 0.5) is 17.1 Å². The molecule has 13 rings (SSSR count). The third-order valence-corrected chi connectivity index (χ3v) is 12.9. The van der Waals surface area contributed by atoms with Gasteiger partial charge in [0.15, 0.2) is 0 Å². The SMILES string of the molecule is c1ccc(N2c3ccccc3C3(c4ccccc4-c4cc(-c5cccc(-c6ccc7c8ccccc8n8c9ccccc9nc8c7c6)c5)ccc43)c3ccccc32)cc1. The minimum atomic E-state index is -0.469. The molecule has 3 nitrogen and oxygen atoms in total. The molecule has 0 saturated carbocycles. The molecule has 9 aromatic carbocycles. The molecular weight excluding hydrogens is 715 g/mol. The summed E-state index contributed by atoms with van der Waals surface area (Å²) in [6.45, 7) is 0. The van der Waals surface area contributed by atoms with E-state index in [-0.39, 0.29) is 0 Å². The molecular formula is C56H35N3. The number of hydrogen-bond acceptors (Lipinski definition) is 2. The molecule has 0 unspecified atom stereocenters. The van der Waals surface area contributed by atoms with Crippen molar-refractivity contribution in [1.29, 1.82) is 0 Å². The number of nitrogens with zero attached hydrogens (tertiary/aromatic N) is 3. The van der Waals surface area contributed by atoms with Crippen molar-refractivity contribution in [2.24, 2.45) is 0 Å². The van der Waals surface area contributed by atoms with Gasteiger partial charge in [0.1, 0.15) is 5.65 Å². The van der Waals surface area contributed by atoms with E-state index in [1.165, 1.54) is 83.3 Å². The molecule has 0 N–H and O–H groups in total. The summed E-state index contributed by atoms with van der Waals surface area (Å²) < 4.78 is 2.32. The van der Waals surface area contributed by atoms with Gasteiger partial charge in [-0.15, -0.1) is 0 Å². The number of anilines is 3. The Balaban J connectivity index is 0.983. The highest BCUT2D eigenvalue weighted by atomic mass is 15.2. The van der Waals surface area contributed by atoms with Crippen molar-refractivity contribution in [2.45, 2.75) is 5.41 Å². The van der Waals surface area contributed by atoms with Gasteiger partial charge < -0.3 is 4.90 Å². The van der Waals surface area contributed by atoms with Crippen molar-refractivity contribution in [3.05, 3.63) is 235 Å². The third kappa shape index (κ3) is 4.39. The van der Waals surface area contributed by atoms with Gasteiger partial charge in [-0.3, -0.25) is 4.40 Å². The zero-order chi connectivity index (χ0) is 38.7. The van der Waals surface area contributed by atoms with E-state index in [0.717, 1.165) is 27.8 Å². The first-order chi connectivity index (χ1) is 29.3. The summed E-state index contributed by atoms with van der Waals surface area (Å²) >= 11 is 0. The van der Waals surface area contributed by atoms with Crippen LogP contribution in [0.3, 0.4) is 0 Å². The quantitative estimate of drug-likeness (QED) is 0.168. The van der Waals surface area contributed by atoms with Crippen LogP contribution in [0.5, 0.6) is 0 Å². The fraction of sp³-hybridized carbons (Fsp3) is 0.0179. The van der Waals surface area contributed by atoms with Crippen molar-refractivity contribution in [1.82, 2.24) is 9.38 Å². The van der Waals surface area contributed by atoms with Crippen LogP contribution in [0.1, 0.15) is 22.3 Å². The molecule has 1 aliphatic heterocycles. The van der Waals surface area contributed by atoms with Crippen LogP contribution < -0.4 is 4.90 Å². The highest BCUT2D eigenvalue weighted by molar-refractivity contribution is 6.14. The third-order valence-electron chi connectivity index (χ3n) is 12.9. The van der Waals surface area contributed by atoms with E-state index in [4.69, 9.17) is 4.98 Å². The zero-order valence-electron chi connectivity index (χ0n) is 32.0. The number of hydrogen-bond donors (Lipinski definition) is 0. The number of benzene rings is 9. The average Bonchev–Trinajstić information content (AvgIpc) is 3.84. The van der Waals surface area contributed by atoms with Crippen LogP contribution in [0.15, 0.2) is 212 Å². The Morgan fingerprint density at radius 1 is 0.356 bits per heavy atom. The Morgan fingerprint density at radius 2 is 0.949 bits per heavy atom. The molecule has 0 bridgehead atoms. The molecule has 59 heavy (non-hydrogen) atoms. The Labute approximate surface area is 341 Å². The highest BCUT2D eigenvalue weighted by Gasteiger charge is 2.51. The molecule has 3 heterocycles. The Morgan fingerprint density at radius 3 is 1.75 bits per heavy atom. The maximum absolute atomic E-state index is 5.19. The van der Waals surface area contributed by atoms with Gasteiger partial charge in [0, 0.05) is 16.5 Å². The molecule has 0 saturated heterocycles. The first kappa shape index (κ1) is 32.3. The minimum absolute atomic E-state index is 0.469. The highest BCUT2D eigenvalue weighted by Crippen LogP contribution is 2.63. The Kier molecular flexibility index (Phi) is 6.65. The second-order valence-electron chi connectivity index (χ2n) is 15.9. The van der Waals surface area contributed by atoms with Crippen LogP contribution >= 0.6 is 0 Å². The van der Waals surface area contributed by atoms with Gasteiger partial charge in [0.25, 0.3) is 0 Å². The molecule has 11 aromatic rings. The summed E-state index contributed by atoms with van der Waals surface area (Å²) in [7, 11) is 0. The number of rotatable bonds is 3. The van der Waals surface area contributed by atoms with E-state index in [2.05, 4.69) is 222 Å².